The van der Waals surface area contributed by atoms with Gasteiger partial charge in [-0.3, -0.25) is 4.79 Å². The van der Waals surface area contributed by atoms with Crippen LogP contribution in [0.25, 0.3) is 0 Å². The number of aliphatic hydroxyl groups excluding tert-OH is 1. The van der Waals surface area contributed by atoms with Crippen molar-refractivity contribution >= 4 is 11.6 Å². The smallest absolute Gasteiger partial charge is 0.265 e. The Bertz CT molecular complexity index is 486. The summed E-state index contributed by atoms with van der Waals surface area (Å²) in [6, 6.07) is 5.00. The highest BCUT2D eigenvalue weighted by atomic mass is 16.5. The van der Waals surface area contributed by atoms with E-state index < -0.39 is 6.10 Å². The van der Waals surface area contributed by atoms with Crippen molar-refractivity contribution in [3.63, 3.8) is 0 Å². The molecular formula is C14H20N2O3. The molecule has 3 N–H and O–H groups in total. The van der Waals surface area contributed by atoms with Gasteiger partial charge in [-0.05, 0) is 38.5 Å². The van der Waals surface area contributed by atoms with Crippen LogP contribution in [-0.2, 0) is 4.79 Å². The zero-order valence-electron chi connectivity index (χ0n) is 11.5. The van der Waals surface area contributed by atoms with Gasteiger partial charge >= 0.3 is 0 Å². The SMILES string of the molecule is CC(N)C(O)c1ccc2c(c1)N(C(C)C)C(=O)CO2. The Hall–Kier alpha value is -1.59. The van der Waals surface area contributed by atoms with Crippen molar-refractivity contribution in [1.82, 2.24) is 0 Å². The molecule has 1 heterocycles. The van der Waals surface area contributed by atoms with Gasteiger partial charge in [0, 0.05) is 12.1 Å². The molecule has 0 saturated heterocycles. The summed E-state index contributed by atoms with van der Waals surface area (Å²) in [5.41, 5.74) is 7.09. The fourth-order valence-electron chi connectivity index (χ4n) is 2.24. The lowest BCUT2D eigenvalue weighted by atomic mass is 10.0. The summed E-state index contributed by atoms with van der Waals surface area (Å²) in [7, 11) is 0. The maximum atomic E-state index is 11.9. The topological polar surface area (TPSA) is 75.8 Å². The summed E-state index contributed by atoms with van der Waals surface area (Å²) >= 11 is 0. The molecule has 104 valence electrons. The lowest BCUT2D eigenvalue weighted by Gasteiger charge is -2.33. The highest BCUT2D eigenvalue weighted by molar-refractivity contribution is 5.98. The molecule has 1 amide bonds. The molecule has 1 aliphatic heterocycles. The minimum Gasteiger partial charge on any atom is -0.482 e. The Morgan fingerprint density at radius 1 is 1.37 bits per heavy atom. The van der Waals surface area contributed by atoms with E-state index in [0.717, 1.165) is 0 Å². The third-order valence-corrected chi connectivity index (χ3v) is 3.22. The first-order chi connectivity index (χ1) is 8.91. The molecule has 2 rings (SSSR count). The number of rotatable bonds is 3. The van der Waals surface area contributed by atoms with Gasteiger partial charge in [0.05, 0.1) is 11.8 Å². The molecule has 19 heavy (non-hydrogen) atoms. The second-order valence-corrected chi connectivity index (χ2v) is 5.18. The third kappa shape index (κ3) is 2.57. The maximum absolute atomic E-state index is 11.9. The van der Waals surface area contributed by atoms with E-state index in [1.165, 1.54) is 0 Å². The van der Waals surface area contributed by atoms with Crippen molar-refractivity contribution in [1.29, 1.82) is 0 Å². The Labute approximate surface area is 113 Å². The van der Waals surface area contributed by atoms with Crippen LogP contribution in [0, 0.1) is 0 Å². The number of nitrogens with two attached hydrogens (primary N) is 1. The first-order valence-corrected chi connectivity index (χ1v) is 6.44. The van der Waals surface area contributed by atoms with Crippen molar-refractivity contribution in [3.8, 4) is 5.75 Å². The molecule has 1 aromatic rings. The first-order valence-electron chi connectivity index (χ1n) is 6.44. The van der Waals surface area contributed by atoms with E-state index in [9.17, 15) is 9.90 Å². The number of aliphatic hydroxyl groups is 1. The summed E-state index contributed by atoms with van der Waals surface area (Å²) in [5, 5.41) is 10.0. The minimum absolute atomic E-state index is 0.0397. The van der Waals surface area contributed by atoms with Gasteiger partial charge in [0.1, 0.15) is 5.75 Å². The number of amides is 1. The summed E-state index contributed by atoms with van der Waals surface area (Å²) in [6.45, 7) is 5.69. The van der Waals surface area contributed by atoms with Crippen LogP contribution < -0.4 is 15.4 Å². The average molecular weight is 264 g/mol. The molecule has 0 radical (unpaired) electrons. The lowest BCUT2D eigenvalue weighted by molar-refractivity contribution is -0.121. The molecule has 2 unspecified atom stereocenters. The molecule has 5 heteroatoms. The fraction of sp³-hybridized carbons (Fsp3) is 0.500. The van der Waals surface area contributed by atoms with E-state index in [4.69, 9.17) is 10.5 Å². The number of hydrogen-bond donors (Lipinski definition) is 2. The summed E-state index contributed by atoms with van der Waals surface area (Å²) in [6.07, 6.45) is -0.753. The van der Waals surface area contributed by atoms with Crippen LogP contribution in [0.15, 0.2) is 18.2 Å². The van der Waals surface area contributed by atoms with Gasteiger partial charge in [0.15, 0.2) is 6.61 Å². The Morgan fingerprint density at radius 3 is 2.63 bits per heavy atom. The number of anilines is 1. The van der Waals surface area contributed by atoms with Crippen molar-refractivity contribution < 1.29 is 14.6 Å². The number of nitrogens with zero attached hydrogens (tertiary/aromatic N) is 1. The molecule has 0 spiro atoms. The van der Waals surface area contributed by atoms with Gasteiger partial charge in [-0.25, -0.2) is 0 Å². The van der Waals surface area contributed by atoms with Crippen molar-refractivity contribution in [2.24, 2.45) is 5.73 Å². The Kier molecular flexibility index (Phi) is 3.78. The first kappa shape index (κ1) is 13.8. The molecule has 5 nitrogen and oxygen atoms in total. The van der Waals surface area contributed by atoms with Crippen LogP contribution in [0.4, 0.5) is 5.69 Å². The highest BCUT2D eigenvalue weighted by Gasteiger charge is 2.28. The quantitative estimate of drug-likeness (QED) is 0.860. The highest BCUT2D eigenvalue weighted by Crippen LogP contribution is 2.35. The van der Waals surface area contributed by atoms with Gasteiger partial charge in [-0.1, -0.05) is 6.07 Å². The normalized spacial score (nSPS) is 18.0. The van der Waals surface area contributed by atoms with E-state index in [1.807, 2.05) is 13.8 Å². The lowest BCUT2D eigenvalue weighted by Crippen LogP contribution is -2.43. The fourth-order valence-corrected chi connectivity index (χ4v) is 2.24. The number of carbonyl (C=O) groups excluding carboxylic acids is 1. The number of ether oxygens (including phenoxy) is 1. The average Bonchev–Trinajstić information content (AvgIpc) is 2.36. The molecule has 1 aliphatic rings. The summed E-state index contributed by atoms with van der Waals surface area (Å²) < 4.78 is 5.41. The van der Waals surface area contributed by atoms with Gasteiger partial charge in [0.2, 0.25) is 0 Å². The van der Waals surface area contributed by atoms with Crippen LogP contribution in [0.1, 0.15) is 32.4 Å². The predicted molar refractivity (Wildman–Crippen MR) is 73.2 cm³/mol. The molecule has 0 bridgehead atoms. The van der Waals surface area contributed by atoms with Crippen LogP contribution in [0.2, 0.25) is 0 Å². The van der Waals surface area contributed by atoms with Crippen LogP contribution in [0.3, 0.4) is 0 Å². The summed E-state index contributed by atoms with van der Waals surface area (Å²) in [4.78, 5) is 13.6. The van der Waals surface area contributed by atoms with Crippen molar-refractivity contribution in [2.75, 3.05) is 11.5 Å². The number of benzene rings is 1. The Balaban J connectivity index is 2.44. The second-order valence-electron chi connectivity index (χ2n) is 5.18. The molecule has 1 aromatic carbocycles. The van der Waals surface area contributed by atoms with Gasteiger partial charge in [-0.15, -0.1) is 0 Å². The molecule has 0 fully saturated rings. The van der Waals surface area contributed by atoms with Gasteiger partial charge in [-0.2, -0.15) is 0 Å². The van der Waals surface area contributed by atoms with Gasteiger partial charge < -0.3 is 20.5 Å². The minimum atomic E-state index is -0.753. The van der Waals surface area contributed by atoms with Crippen LogP contribution in [0.5, 0.6) is 5.75 Å². The van der Waals surface area contributed by atoms with Crippen molar-refractivity contribution in [3.05, 3.63) is 23.8 Å². The maximum Gasteiger partial charge on any atom is 0.265 e. The monoisotopic (exact) mass is 264 g/mol. The van der Waals surface area contributed by atoms with Gasteiger partial charge in [0.25, 0.3) is 5.91 Å². The number of hydrogen-bond acceptors (Lipinski definition) is 4. The zero-order valence-corrected chi connectivity index (χ0v) is 11.5. The van der Waals surface area contributed by atoms with E-state index in [0.29, 0.717) is 17.0 Å². The van der Waals surface area contributed by atoms with E-state index in [1.54, 1.807) is 30.0 Å². The van der Waals surface area contributed by atoms with Crippen LogP contribution >= 0.6 is 0 Å². The van der Waals surface area contributed by atoms with Crippen molar-refractivity contribution in [2.45, 2.75) is 39.0 Å². The predicted octanol–water partition coefficient (Wildman–Crippen LogP) is 1.20. The molecule has 2 atom stereocenters. The number of fused-ring (bicyclic) bond motifs is 1. The van der Waals surface area contributed by atoms with Crippen LogP contribution in [-0.4, -0.2) is 29.7 Å². The third-order valence-electron chi connectivity index (χ3n) is 3.22. The second kappa shape index (κ2) is 5.19. The largest absolute Gasteiger partial charge is 0.482 e. The summed E-state index contributed by atoms with van der Waals surface area (Å²) in [5.74, 6) is 0.587. The number of carbonyl (C=O) groups is 1. The molecular weight excluding hydrogens is 244 g/mol. The van der Waals surface area contributed by atoms with E-state index in [2.05, 4.69) is 0 Å². The van der Waals surface area contributed by atoms with E-state index >= 15 is 0 Å². The standard InChI is InChI=1S/C14H20N2O3/c1-8(2)16-11-6-10(14(18)9(3)15)4-5-12(11)19-7-13(16)17/h4-6,8-9,14,18H,7,15H2,1-3H3. The van der Waals surface area contributed by atoms with E-state index in [-0.39, 0.29) is 24.6 Å². The Morgan fingerprint density at radius 2 is 2.05 bits per heavy atom. The molecule has 0 aromatic heterocycles. The molecule has 0 saturated carbocycles. The zero-order chi connectivity index (χ0) is 14.2. The molecule has 0 aliphatic carbocycles.